The van der Waals surface area contributed by atoms with Gasteiger partial charge in [0, 0.05) is 17.8 Å². The van der Waals surface area contributed by atoms with Crippen LogP contribution in [-0.2, 0) is 4.74 Å². The first kappa shape index (κ1) is 24.9. The van der Waals surface area contributed by atoms with Crippen molar-refractivity contribution >= 4 is 50.1 Å². The minimum absolute atomic E-state index is 0.264. The summed E-state index contributed by atoms with van der Waals surface area (Å²) in [6.45, 7) is 8.15. The second kappa shape index (κ2) is 10.9. The summed E-state index contributed by atoms with van der Waals surface area (Å²) in [6, 6.07) is 15.1. The van der Waals surface area contributed by atoms with Gasteiger partial charge in [-0.15, -0.1) is 0 Å². The van der Waals surface area contributed by atoms with E-state index < -0.39 is 11.7 Å². The second-order valence-corrected chi connectivity index (χ2v) is 10.9. The fourth-order valence-electron chi connectivity index (χ4n) is 3.19. The highest BCUT2D eigenvalue weighted by Gasteiger charge is 2.25. The zero-order chi connectivity index (χ0) is 24.0. The van der Waals surface area contributed by atoms with Crippen LogP contribution in [0.25, 0.3) is 11.1 Å². The molecule has 1 heterocycles. The van der Waals surface area contributed by atoms with Crippen molar-refractivity contribution in [2.75, 3.05) is 16.8 Å². The van der Waals surface area contributed by atoms with Gasteiger partial charge < -0.3 is 4.74 Å². The number of benzene rings is 2. The monoisotopic (exact) mass is 529 g/mol. The third-order valence-electron chi connectivity index (χ3n) is 4.69. The first-order chi connectivity index (χ1) is 15.7. The van der Waals surface area contributed by atoms with Crippen LogP contribution in [0.15, 0.2) is 58.5 Å². The molecule has 1 N–H and O–H groups in total. The predicted molar refractivity (Wildman–Crippen MR) is 138 cm³/mol. The standard InChI is InChI=1S/C25H28BrN3O3S/c1-5-6-14-29(24(31)32-25(2,3)4)18-12-13-19(20(15-18)17-10-8-7-9-11-17)22(30)28-23-27-16-21(26)33-23/h7-13,15-16H,5-6,14H2,1-4H3,(H,27,28,30). The zero-order valence-corrected chi connectivity index (χ0v) is 21.6. The van der Waals surface area contributed by atoms with E-state index in [1.807, 2.05) is 57.2 Å². The molecule has 0 bridgehead atoms. The highest BCUT2D eigenvalue weighted by Crippen LogP contribution is 2.31. The van der Waals surface area contributed by atoms with E-state index in [9.17, 15) is 9.59 Å². The van der Waals surface area contributed by atoms with Crippen LogP contribution in [0.3, 0.4) is 0 Å². The number of thiazole rings is 1. The number of rotatable bonds is 7. The maximum atomic E-state index is 13.1. The molecule has 0 unspecified atom stereocenters. The van der Waals surface area contributed by atoms with Crippen molar-refractivity contribution in [2.45, 2.75) is 46.1 Å². The number of unbranched alkanes of at least 4 members (excludes halogenated alkanes) is 1. The smallest absolute Gasteiger partial charge is 0.414 e. The Kier molecular flexibility index (Phi) is 8.26. The lowest BCUT2D eigenvalue weighted by molar-refractivity contribution is 0.0580. The average molecular weight is 530 g/mol. The topological polar surface area (TPSA) is 71.5 Å². The lowest BCUT2D eigenvalue weighted by atomic mass is 9.98. The molecule has 0 aliphatic rings. The summed E-state index contributed by atoms with van der Waals surface area (Å²) >= 11 is 4.71. The van der Waals surface area contributed by atoms with Crippen LogP contribution in [-0.4, -0.2) is 29.1 Å². The number of hydrogen-bond donors (Lipinski definition) is 1. The van der Waals surface area contributed by atoms with Crippen LogP contribution in [0.2, 0.25) is 0 Å². The quantitative estimate of drug-likeness (QED) is 0.346. The van der Waals surface area contributed by atoms with E-state index in [0.717, 1.165) is 27.8 Å². The van der Waals surface area contributed by atoms with Gasteiger partial charge in [0.1, 0.15) is 5.60 Å². The molecule has 0 atom stereocenters. The van der Waals surface area contributed by atoms with Crippen molar-refractivity contribution in [2.24, 2.45) is 0 Å². The van der Waals surface area contributed by atoms with E-state index in [0.29, 0.717) is 22.9 Å². The highest BCUT2D eigenvalue weighted by atomic mass is 79.9. The number of hydrogen-bond acceptors (Lipinski definition) is 5. The van der Waals surface area contributed by atoms with Gasteiger partial charge >= 0.3 is 6.09 Å². The Balaban J connectivity index is 2.02. The molecule has 174 valence electrons. The van der Waals surface area contributed by atoms with E-state index >= 15 is 0 Å². The third kappa shape index (κ3) is 6.88. The van der Waals surface area contributed by atoms with Crippen LogP contribution in [0.5, 0.6) is 0 Å². The molecule has 8 heteroatoms. The fourth-order valence-corrected chi connectivity index (χ4v) is 4.29. The summed E-state index contributed by atoms with van der Waals surface area (Å²) in [7, 11) is 0. The first-order valence-electron chi connectivity index (χ1n) is 10.8. The Morgan fingerprint density at radius 2 is 1.88 bits per heavy atom. The Labute approximate surface area is 207 Å². The number of ether oxygens (including phenoxy) is 1. The Morgan fingerprint density at radius 3 is 2.48 bits per heavy atom. The fraction of sp³-hybridized carbons (Fsp3) is 0.320. The number of aromatic nitrogens is 1. The minimum atomic E-state index is -0.606. The number of nitrogens with one attached hydrogen (secondary N) is 1. The normalized spacial score (nSPS) is 11.2. The molecule has 0 radical (unpaired) electrons. The molecule has 0 spiro atoms. The molecule has 6 nitrogen and oxygen atoms in total. The number of amides is 2. The third-order valence-corrected chi connectivity index (χ3v) is 6.08. The van der Waals surface area contributed by atoms with Crippen LogP contribution >= 0.6 is 27.3 Å². The first-order valence-corrected chi connectivity index (χ1v) is 12.4. The molecule has 0 saturated heterocycles. The maximum absolute atomic E-state index is 13.1. The molecule has 2 aromatic carbocycles. The van der Waals surface area contributed by atoms with Crippen LogP contribution < -0.4 is 10.2 Å². The zero-order valence-electron chi connectivity index (χ0n) is 19.2. The number of carbonyl (C=O) groups excluding carboxylic acids is 2. The molecule has 3 aromatic rings. The minimum Gasteiger partial charge on any atom is -0.443 e. The molecule has 0 saturated carbocycles. The second-order valence-electron chi connectivity index (χ2n) is 8.51. The van der Waals surface area contributed by atoms with Gasteiger partial charge in [0.2, 0.25) is 0 Å². The van der Waals surface area contributed by atoms with Gasteiger partial charge in [0.05, 0.1) is 9.98 Å². The largest absolute Gasteiger partial charge is 0.443 e. The molecular weight excluding hydrogens is 502 g/mol. The van der Waals surface area contributed by atoms with Gasteiger partial charge in [0.25, 0.3) is 5.91 Å². The average Bonchev–Trinajstić information content (AvgIpc) is 3.17. The number of nitrogens with zero attached hydrogens (tertiary/aromatic N) is 2. The molecule has 1 aromatic heterocycles. The Morgan fingerprint density at radius 1 is 1.15 bits per heavy atom. The van der Waals surface area contributed by atoms with Crippen LogP contribution in [0.4, 0.5) is 15.6 Å². The molecule has 33 heavy (non-hydrogen) atoms. The van der Waals surface area contributed by atoms with Crippen molar-refractivity contribution in [1.29, 1.82) is 0 Å². The summed E-state index contributed by atoms with van der Waals surface area (Å²) in [5, 5.41) is 3.37. The Hall–Kier alpha value is -2.71. The maximum Gasteiger partial charge on any atom is 0.414 e. The molecule has 0 aliphatic carbocycles. The van der Waals surface area contributed by atoms with Crippen LogP contribution in [0, 0.1) is 0 Å². The van der Waals surface area contributed by atoms with E-state index in [2.05, 4.69) is 33.2 Å². The van der Waals surface area contributed by atoms with Gasteiger partial charge in [-0.3, -0.25) is 15.0 Å². The van der Waals surface area contributed by atoms with Crippen molar-refractivity contribution < 1.29 is 14.3 Å². The highest BCUT2D eigenvalue weighted by molar-refractivity contribution is 9.11. The van der Waals surface area contributed by atoms with E-state index in [-0.39, 0.29) is 5.91 Å². The lowest BCUT2D eigenvalue weighted by Crippen LogP contribution is -2.37. The lowest BCUT2D eigenvalue weighted by Gasteiger charge is -2.28. The SMILES string of the molecule is CCCCN(C(=O)OC(C)(C)C)c1ccc(C(=O)Nc2ncc(Br)s2)c(-c2ccccc2)c1. The summed E-state index contributed by atoms with van der Waals surface area (Å²) < 4.78 is 6.49. The summed E-state index contributed by atoms with van der Waals surface area (Å²) in [5.74, 6) is -0.264. The van der Waals surface area contributed by atoms with E-state index in [1.54, 1.807) is 23.2 Å². The molecule has 3 rings (SSSR count). The van der Waals surface area contributed by atoms with Crippen molar-refractivity contribution in [1.82, 2.24) is 4.98 Å². The van der Waals surface area contributed by atoms with Crippen molar-refractivity contribution in [3.05, 3.63) is 64.1 Å². The number of halogens is 1. The van der Waals surface area contributed by atoms with Gasteiger partial charge in [0.15, 0.2) is 5.13 Å². The molecule has 2 amide bonds. The van der Waals surface area contributed by atoms with Gasteiger partial charge in [-0.1, -0.05) is 55.0 Å². The molecule has 0 aliphatic heterocycles. The summed E-state index contributed by atoms with van der Waals surface area (Å²) in [5.41, 5.74) is 2.18. The van der Waals surface area contributed by atoms with Gasteiger partial charge in [-0.2, -0.15) is 0 Å². The number of anilines is 2. The van der Waals surface area contributed by atoms with E-state index in [1.165, 1.54) is 11.3 Å². The summed E-state index contributed by atoms with van der Waals surface area (Å²) in [6.07, 6.45) is 3.02. The van der Waals surface area contributed by atoms with Crippen molar-refractivity contribution in [3.8, 4) is 11.1 Å². The van der Waals surface area contributed by atoms with E-state index in [4.69, 9.17) is 4.74 Å². The molecule has 0 fully saturated rings. The van der Waals surface area contributed by atoms with Crippen molar-refractivity contribution in [3.63, 3.8) is 0 Å². The Bertz CT molecular complexity index is 1110. The summed E-state index contributed by atoms with van der Waals surface area (Å²) in [4.78, 5) is 31.9. The van der Waals surface area contributed by atoms with Gasteiger partial charge in [-0.05, 0) is 72.4 Å². The van der Waals surface area contributed by atoms with Gasteiger partial charge in [-0.25, -0.2) is 9.78 Å². The van der Waals surface area contributed by atoms with Crippen LogP contribution in [0.1, 0.15) is 50.9 Å². The predicted octanol–water partition coefficient (Wildman–Crippen LogP) is 7.37. The number of carbonyl (C=O) groups is 2. The molecular formula is C25H28BrN3O3S.